The van der Waals surface area contributed by atoms with E-state index in [2.05, 4.69) is 15.4 Å². The van der Waals surface area contributed by atoms with Gasteiger partial charge in [-0.05, 0) is 37.5 Å². The van der Waals surface area contributed by atoms with Crippen molar-refractivity contribution in [2.45, 2.75) is 25.3 Å². The van der Waals surface area contributed by atoms with Gasteiger partial charge in [-0.3, -0.25) is 9.78 Å². The predicted molar refractivity (Wildman–Crippen MR) is 99.1 cm³/mol. The van der Waals surface area contributed by atoms with Gasteiger partial charge in [-0.2, -0.15) is 5.10 Å². The highest BCUT2D eigenvalue weighted by Gasteiger charge is 2.37. The predicted octanol–water partition coefficient (Wildman–Crippen LogP) is 1.89. The van der Waals surface area contributed by atoms with Gasteiger partial charge in [-0.15, -0.1) is 0 Å². The summed E-state index contributed by atoms with van der Waals surface area (Å²) in [5.41, 5.74) is 2.49. The minimum absolute atomic E-state index is 0.203. The summed E-state index contributed by atoms with van der Waals surface area (Å²) in [7, 11) is 0. The Labute approximate surface area is 160 Å². The topological polar surface area (TPSA) is 102 Å². The minimum atomic E-state index is -0.483. The zero-order valence-corrected chi connectivity index (χ0v) is 15.0. The molecular formula is C19H18N6O3. The Hall–Kier alpha value is -3.49. The summed E-state index contributed by atoms with van der Waals surface area (Å²) in [6, 6.07) is 7.14. The molecule has 2 aliphatic heterocycles. The maximum absolute atomic E-state index is 12.6. The highest BCUT2D eigenvalue weighted by molar-refractivity contribution is 6.00. The second kappa shape index (κ2) is 6.59. The molecule has 4 bridgehead atoms. The van der Waals surface area contributed by atoms with E-state index >= 15 is 0 Å². The summed E-state index contributed by atoms with van der Waals surface area (Å²) in [6.07, 6.45) is 5.23. The summed E-state index contributed by atoms with van der Waals surface area (Å²) >= 11 is 0. The zero-order valence-electron chi connectivity index (χ0n) is 15.0. The lowest BCUT2D eigenvalue weighted by molar-refractivity contribution is 0.0954. The number of amides is 2. The molecular weight excluding hydrogens is 360 g/mol. The van der Waals surface area contributed by atoms with Gasteiger partial charge in [-0.25, -0.2) is 19.2 Å². The molecule has 3 aromatic rings. The number of nitrogens with zero attached hydrogens (tertiary/aromatic N) is 5. The Kier molecular flexibility index (Phi) is 3.92. The van der Waals surface area contributed by atoms with E-state index in [1.807, 2.05) is 18.2 Å². The van der Waals surface area contributed by atoms with E-state index in [-0.39, 0.29) is 18.6 Å². The summed E-state index contributed by atoms with van der Waals surface area (Å²) in [6.45, 7) is 0.769. The monoisotopic (exact) mass is 378 g/mol. The van der Waals surface area contributed by atoms with Crippen molar-refractivity contribution < 1.29 is 14.3 Å². The van der Waals surface area contributed by atoms with Crippen LogP contribution in [0.25, 0.3) is 5.65 Å². The molecule has 0 radical (unpaired) electrons. The van der Waals surface area contributed by atoms with Gasteiger partial charge in [-0.1, -0.05) is 6.07 Å². The molecule has 1 N–H and O–H groups in total. The van der Waals surface area contributed by atoms with Crippen molar-refractivity contribution >= 4 is 23.5 Å². The van der Waals surface area contributed by atoms with Gasteiger partial charge in [0.1, 0.15) is 24.0 Å². The number of rotatable bonds is 0. The van der Waals surface area contributed by atoms with Gasteiger partial charge >= 0.3 is 6.09 Å². The first-order chi connectivity index (χ1) is 13.7. The molecule has 5 rings (SSSR count). The molecule has 28 heavy (non-hydrogen) atoms. The number of cyclic esters (lactones) is 1. The highest BCUT2D eigenvalue weighted by Crippen LogP contribution is 2.31. The first-order valence-corrected chi connectivity index (χ1v) is 9.25. The summed E-state index contributed by atoms with van der Waals surface area (Å²) < 4.78 is 6.82. The van der Waals surface area contributed by atoms with Crippen molar-refractivity contribution in [2.24, 2.45) is 0 Å². The Morgan fingerprint density at radius 1 is 1.14 bits per heavy atom. The van der Waals surface area contributed by atoms with Gasteiger partial charge < -0.3 is 10.1 Å². The number of fused-ring (bicyclic) bond motifs is 6. The lowest BCUT2D eigenvalue weighted by Crippen LogP contribution is -2.29. The number of nitrogens with one attached hydrogen (secondary N) is 1. The lowest BCUT2D eigenvalue weighted by Gasteiger charge is -2.20. The SMILES string of the molecule is O=C1NCCCCc2cccc(n2)C2COC(=O)N2c2ccn3ncc1c3n2. The van der Waals surface area contributed by atoms with Crippen molar-refractivity contribution in [2.75, 3.05) is 18.1 Å². The molecule has 0 spiro atoms. The minimum Gasteiger partial charge on any atom is -0.446 e. The Morgan fingerprint density at radius 3 is 3.00 bits per heavy atom. The molecule has 0 aromatic carbocycles. The smallest absolute Gasteiger partial charge is 0.416 e. The maximum Gasteiger partial charge on any atom is 0.416 e. The summed E-state index contributed by atoms with van der Waals surface area (Å²) in [5.74, 6) is 0.172. The number of carbonyl (C=O) groups is 2. The van der Waals surface area contributed by atoms with Gasteiger partial charge in [0.25, 0.3) is 5.91 Å². The highest BCUT2D eigenvalue weighted by atomic mass is 16.6. The molecule has 9 nitrogen and oxygen atoms in total. The number of hydrogen-bond donors (Lipinski definition) is 1. The molecule has 2 amide bonds. The summed E-state index contributed by atoms with van der Waals surface area (Å²) in [4.78, 5) is 35.8. The number of anilines is 1. The maximum atomic E-state index is 12.6. The lowest BCUT2D eigenvalue weighted by atomic mass is 10.1. The molecule has 9 heteroatoms. The number of pyridine rings is 1. The number of aryl methyl sites for hydroxylation is 1. The quantitative estimate of drug-likeness (QED) is 0.641. The molecule has 0 aliphatic carbocycles. The van der Waals surface area contributed by atoms with Crippen LogP contribution in [0, 0.1) is 0 Å². The van der Waals surface area contributed by atoms with Gasteiger partial charge in [0.2, 0.25) is 0 Å². The van der Waals surface area contributed by atoms with Crippen LogP contribution in [0.3, 0.4) is 0 Å². The second-order valence-electron chi connectivity index (χ2n) is 6.84. The Bertz CT molecular complexity index is 1080. The van der Waals surface area contributed by atoms with E-state index in [9.17, 15) is 9.59 Å². The van der Waals surface area contributed by atoms with Crippen molar-refractivity contribution in [3.05, 3.63) is 53.6 Å². The molecule has 142 valence electrons. The zero-order chi connectivity index (χ0) is 19.1. The number of carbonyl (C=O) groups excluding carboxylic acids is 2. The molecule has 3 aromatic heterocycles. The van der Waals surface area contributed by atoms with E-state index in [4.69, 9.17) is 9.72 Å². The van der Waals surface area contributed by atoms with Crippen LogP contribution in [0.4, 0.5) is 10.6 Å². The molecule has 1 unspecified atom stereocenters. The average Bonchev–Trinajstić information content (AvgIpc) is 3.30. The number of aromatic nitrogens is 4. The van der Waals surface area contributed by atoms with Gasteiger partial charge in [0, 0.05) is 18.4 Å². The van der Waals surface area contributed by atoms with Crippen LogP contribution in [-0.2, 0) is 11.2 Å². The fraction of sp³-hybridized carbons (Fsp3) is 0.316. The van der Waals surface area contributed by atoms with Gasteiger partial charge in [0.05, 0.1) is 11.9 Å². The molecule has 0 saturated carbocycles. The Morgan fingerprint density at radius 2 is 2.07 bits per heavy atom. The van der Waals surface area contributed by atoms with Crippen LogP contribution in [0.5, 0.6) is 0 Å². The average molecular weight is 378 g/mol. The van der Waals surface area contributed by atoms with E-state index in [0.717, 1.165) is 30.7 Å². The molecule has 2 aliphatic rings. The fourth-order valence-corrected chi connectivity index (χ4v) is 3.60. The standard InChI is InChI=1S/C19H18N6O3/c26-18-13-10-21-24-9-7-16(23-17(13)24)25-15(11-28-19(25)27)14-6-3-5-12(22-14)4-1-2-8-20-18/h3,5-7,9-10,15H,1-2,4,8,11H2,(H,20,26). The van der Waals surface area contributed by atoms with Crippen LogP contribution in [0.2, 0.25) is 0 Å². The van der Waals surface area contributed by atoms with Crippen molar-refractivity contribution in [3.63, 3.8) is 0 Å². The molecule has 1 fully saturated rings. The third-order valence-electron chi connectivity index (χ3n) is 5.03. The van der Waals surface area contributed by atoms with Crippen molar-refractivity contribution in [1.82, 2.24) is 24.9 Å². The first kappa shape index (κ1) is 16.7. The first-order valence-electron chi connectivity index (χ1n) is 9.25. The van der Waals surface area contributed by atoms with E-state index in [1.54, 1.807) is 12.3 Å². The van der Waals surface area contributed by atoms with Gasteiger partial charge in [0.15, 0.2) is 5.65 Å². The van der Waals surface area contributed by atoms with Crippen LogP contribution in [-0.4, -0.2) is 44.7 Å². The van der Waals surface area contributed by atoms with E-state index in [1.165, 1.54) is 15.6 Å². The molecule has 5 heterocycles. The number of hydrogen-bond acceptors (Lipinski definition) is 6. The molecule has 1 atom stereocenters. The third-order valence-corrected chi connectivity index (χ3v) is 5.03. The van der Waals surface area contributed by atoms with Crippen LogP contribution >= 0.6 is 0 Å². The normalized spacial score (nSPS) is 19.7. The second-order valence-corrected chi connectivity index (χ2v) is 6.84. The van der Waals surface area contributed by atoms with Crippen LogP contribution in [0.15, 0.2) is 36.7 Å². The number of ether oxygens (including phenoxy) is 1. The van der Waals surface area contributed by atoms with E-state index < -0.39 is 6.09 Å². The van der Waals surface area contributed by atoms with Crippen molar-refractivity contribution in [1.29, 1.82) is 0 Å². The van der Waals surface area contributed by atoms with Crippen LogP contribution in [0.1, 0.15) is 40.6 Å². The largest absolute Gasteiger partial charge is 0.446 e. The fourth-order valence-electron chi connectivity index (χ4n) is 3.60. The Balaban J connectivity index is 1.65. The van der Waals surface area contributed by atoms with E-state index in [0.29, 0.717) is 23.6 Å². The summed E-state index contributed by atoms with van der Waals surface area (Å²) in [5, 5.41) is 7.10. The van der Waals surface area contributed by atoms with Crippen LogP contribution < -0.4 is 10.2 Å². The molecule has 1 saturated heterocycles. The van der Waals surface area contributed by atoms with Crippen molar-refractivity contribution in [3.8, 4) is 0 Å². The third kappa shape index (κ3) is 2.75.